The van der Waals surface area contributed by atoms with E-state index in [9.17, 15) is 4.79 Å². The number of guanidine groups is 1. The van der Waals surface area contributed by atoms with Gasteiger partial charge in [0, 0.05) is 38.3 Å². The van der Waals surface area contributed by atoms with Crippen molar-refractivity contribution in [2.45, 2.75) is 39.7 Å². The van der Waals surface area contributed by atoms with Crippen LogP contribution in [-0.4, -0.2) is 74.8 Å². The van der Waals surface area contributed by atoms with Crippen molar-refractivity contribution in [2.24, 2.45) is 4.99 Å². The smallest absolute Gasteiger partial charge is 0.241 e. The van der Waals surface area contributed by atoms with Gasteiger partial charge in [-0.25, -0.2) is 4.99 Å². The van der Waals surface area contributed by atoms with E-state index >= 15 is 0 Å². The molecule has 0 radical (unpaired) electrons. The van der Waals surface area contributed by atoms with Crippen LogP contribution < -0.4 is 16.0 Å². The molecule has 1 aliphatic heterocycles. The van der Waals surface area contributed by atoms with E-state index in [4.69, 9.17) is 4.74 Å². The molecule has 1 saturated heterocycles. The van der Waals surface area contributed by atoms with Crippen LogP contribution in [0, 0.1) is 0 Å². The van der Waals surface area contributed by atoms with Crippen LogP contribution in [-0.2, 0) is 9.53 Å². The van der Waals surface area contributed by atoms with Crippen LogP contribution in [0.4, 0.5) is 0 Å². The van der Waals surface area contributed by atoms with E-state index < -0.39 is 0 Å². The first-order chi connectivity index (χ1) is 11.0. The van der Waals surface area contributed by atoms with E-state index in [0.717, 1.165) is 45.8 Å². The molecule has 1 aliphatic rings. The molecule has 1 rings (SSSR count). The van der Waals surface area contributed by atoms with E-state index in [1.165, 1.54) is 0 Å². The maximum Gasteiger partial charge on any atom is 0.241 e. The predicted molar refractivity (Wildman–Crippen MR) is 109 cm³/mol. The number of amides is 1. The first-order valence-electron chi connectivity index (χ1n) is 8.61. The molecule has 24 heavy (non-hydrogen) atoms. The number of hydrogen-bond acceptors (Lipinski definition) is 4. The van der Waals surface area contributed by atoms with Gasteiger partial charge in [0.05, 0.1) is 13.2 Å². The van der Waals surface area contributed by atoms with Gasteiger partial charge < -0.3 is 20.7 Å². The molecule has 1 heterocycles. The molecular formula is C16H34IN5O2. The second kappa shape index (κ2) is 12.7. The van der Waals surface area contributed by atoms with Gasteiger partial charge in [-0.05, 0) is 27.2 Å². The van der Waals surface area contributed by atoms with Crippen molar-refractivity contribution < 1.29 is 9.53 Å². The maximum absolute atomic E-state index is 11.7. The topological polar surface area (TPSA) is 78.0 Å². The van der Waals surface area contributed by atoms with Crippen LogP contribution >= 0.6 is 24.0 Å². The number of halogens is 1. The fourth-order valence-electron chi connectivity index (χ4n) is 2.39. The van der Waals surface area contributed by atoms with Gasteiger partial charge >= 0.3 is 0 Å². The Hall–Kier alpha value is -0.610. The molecule has 0 aromatic heterocycles. The number of hydrogen-bond donors (Lipinski definition) is 3. The number of carbonyl (C=O) groups excluding carboxylic acids is 1. The van der Waals surface area contributed by atoms with Crippen molar-refractivity contribution >= 4 is 35.8 Å². The first-order valence-corrected chi connectivity index (χ1v) is 8.61. The number of ether oxygens (including phenoxy) is 1. The highest BCUT2D eigenvalue weighted by Crippen LogP contribution is 2.14. The third-order valence-electron chi connectivity index (χ3n) is 3.85. The third kappa shape index (κ3) is 9.03. The molecule has 0 aromatic rings. The van der Waals surface area contributed by atoms with E-state index in [1.807, 2.05) is 13.8 Å². The number of nitrogens with zero attached hydrogens (tertiary/aromatic N) is 2. The average molecular weight is 455 g/mol. The van der Waals surface area contributed by atoms with Crippen LogP contribution in [0.3, 0.4) is 0 Å². The van der Waals surface area contributed by atoms with Crippen molar-refractivity contribution in [3.63, 3.8) is 0 Å². The normalized spacial score (nSPS) is 16.2. The Labute approximate surface area is 163 Å². The highest BCUT2D eigenvalue weighted by Gasteiger charge is 2.28. The Morgan fingerprint density at radius 2 is 1.83 bits per heavy atom. The molecule has 142 valence electrons. The van der Waals surface area contributed by atoms with Crippen molar-refractivity contribution in [3.05, 3.63) is 0 Å². The third-order valence-corrected chi connectivity index (χ3v) is 3.85. The van der Waals surface area contributed by atoms with Crippen LogP contribution in [0.5, 0.6) is 0 Å². The van der Waals surface area contributed by atoms with Crippen molar-refractivity contribution in [3.8, 4) is 0 Å². The lowest BCUT2D eigenvalue weighted by molar-refractivity contribution is -0.119. The van der Waals surface area contributed by atoms with Crippen LogP contribution in [0.15, 0.2) is 4.99 Å². The molecule has 0 atom stereocenters. The Kier molecular flexibility index (Phi) is 12.4. The predicted octanol–water partition coefficient (Wildman–Crippen LogP) is 0.797. The maximum atomic E-state index is 11.7. The fourth-order valence-corrected chi connectivity index (χ4v) is 2.39. The van der Waals surface area contributed by atoms with Gasteiger partial charge in [0.15, 0.2) is 5.96 Å². The lowest BCUT2D eigenvalue weighted by Crippen LogP contribution is -2.56. The zero-order valence-electron chi connectivity index (χ0n) is 15.5. The second-order valence-electron chi connectivity index (χ2n) is 6.31. The lowest BCUT2D eigenvalue weighted by Gasteiger charge is -2.41. The van der Waals surface area contributed by atoms with E-state index in [-0.39, 0.29) is 42.0 Å². The summed E-state index contributed by atoms with van der Waals surface area (Å²) in [7, 11) is 0. The minimum absolute atomic E-state index is 0. The highest BCUT2D eigenvalue weighted by atomic mass is 127. The van der Waals surface area contributed by atoms with Gasteiger partial charge in [-0.1, -0.05) is 6.92 Å². The zero-order chi connectivity index (χ0) is 17.1. The monoisotopic (exact) mass is 455 g/mol. The van der Waals surface area contributed by atoms with E-state index in [0.29, 0.717) is 12.5 Å². The molecule has 0 bridgehead atoms. The zero-order valence-corrected chi connectivity index (χ0v) is 17.8. The van der Waals surface area contributed by atoms with Gasteiger partial charge in [-0.2, -0.15) is 0 Å². The number of nitrogens with one attached hydrogen (secondary N) is 3. The Morgan fingerprint density at radius 3 is 2.42 bits per heavy atom. The van der Waals surface area contributed by atoms with Gasteiger partial charge in [-0.15, -0.1) is 24.0 Å². The molecule has 0 aliphatic carbocycles. The quantitative estimate of drug-likeness (QED) is 0.287. The molecule has 7 nitrogen and oxygen atoms in total. The van der Waals surface area contributed by atoms with Gasteiger partial charge in [0.2, 0.25) is 5.91 Å². The van der Waals surface area contributed by atoms with Crippen molar-refractivity contribution in [1.82, 2.24) is 20.9 Å². The average Bonchev–Trinajstić information content (AvgIpc) is 2.56. The van der Waals surface area contributed by atoms with E-state index in [2.05, 4.69) is 39.7 Å². The van der Waals surface area contributed by atoms with E-state index in [1.54, 1.807) is 0 Å². The number of rotatable bonds is 8. The second-order valence-corrected chi connectivity index (χ2v) is 6.31. The minimum Gasteiger partial charge on any atom is -0.379 e. The molecule has 3 N–H and O–H groups in total. The van der Waals surface area contributed by atoms with Crippen molar-refractivity contribution in [1.29, 1.82) is 0 Å². The largest absolute Gasteiger partial charge is 0.379 e. The molecular weight excluding hydrogens is 421 g/mol. The summed E-state index contributed by atoms with van der Waals surface area (Å²) in [5.41, 5.74) is 0.00441. The number of aliphatic imine (C=N–C) groups is 1. The Balaban J connectivity index is 0.00000529. The SMILES string of the molecule is CCCNC(=O)CN=C(NCC)NCC(C)(C)N1CCOCC1.I. The summed E-state index contributed by atoms with van der Waals surface area (Å²) >= 11 is 0. The summed E-state index contributed by atoms with van der Waals surface area (Å²) in [4.78, 5) is 18.4. The van der Waals surface area contributed by atoms with Gasteiger partial charge in [0.1, 0.15) is 6.54 Å². The fraction of sp³-hybridized carbons (Fsp3) is 0.875. The lowest BCUT2D eigenvalue weighted by atomic mass is 10.0. The van der Waals surface area contributed by atoms with Crippen LogP contribution in [0.1, 0.15) is 34.1 Å². The Morgan fingerprint density at radius 1 is 1.17 bits per heavy atom. The highest BCUT2D eigenvalue weighted by molar-refractivity contribution is 14.0. The first kappa shape index (κ1) is 23.4. The standard InChI is InChI=1S/C16H33N5O2.HI/c1-5-7-18-14(22)12-19-15(17-6-2)20-13-16(3,4)21-8-10-23-11-9-21;/h5-13H2,1-4H3,(H,18,22)(H2,17,19,20);1H. The van der Waals surface area contributed by atoms with Gasteiger partial charge in [-0.3, -0.25) is 9.69 Å². The molecule has 0 saturated carbocycles. The molecule has 0 spiro atoms. The van der Waals surface area contributed by atoms with Crippen LogP contribution in [0.25, 0.3) is 0 Å². The summed E-state index contributed by atoms with van der Waals surface area (Å²) in [5, 5.41) is 9.36. The minimum atomic E-state index is -0.0449. The molecule has 0 unspecified atom stereocenters. The van der Waals surface area contributed by atoms with Crippen molar-refractivity contribution in [2.75, 3.05) is 52.5 Å². The van der Waals surface area contributed by atoms with Gasteiger partial charge in [0.25, 0.3) is 0 Å². The number of morpholine rings is 1. The number of carbonyl (C=O) groups is 1. The molecule has 0 aromatic carbocycles. The summed E-state index contributed by atoms with van der Waals surface area (Å²) in [5.74, 6) is 0.636. The Bertz CT molecular complexity index is 385. The molecule has 8 heteroatoms. The summed E-state index contributed by atoms with van der Waals surface area (Å²) < 4.78 is 5.41. The summed E-state index contributed by atoms with van der Waals surface area (Å²) in [6, 6.07) is 0. The molecule has 1 amide bonds. The summed E-state index contributed by atoms with van der Waals surface area (Å²) in [6.45, 7) is 14.3. The molecule has 1 fully saturated rings. The van der Waals surface area contributed by atoms with Crippen LogP contribution in [0.2, 0.25) is 0 Å². The summed E-state index contributed by atoms with van der Waals surface area (Å²) in [6.07, 6.45) is 0.932.